The SMILES string of the molecule is CCOc1cc2ncc(C#N)c(Nc3ccc(Cl)c(Cl)c3OCc3ccccn3)c2cc1NC(=O)/C=C/CN(C)C. The van der Waals surface area contributed by atoms with Crippen LogP contribution in [0.15, 0.2) is 67.0 Å². The highest BCUT2D eigenvalue weighted by molar-refractivity contribution is 6.43. The molecule has 4 rings (SSSR count). The van der Waals surface area contributed by atoms with Crippen molar-refractivity contribution < 1.29 is 14.3 Å². The summed E-state index contributed by atoms with van der Waals surface area (Å²) in [6.45, 7) is 2.99. The first kappa shape index (κ1) is 29.6. The van der Waals surface area contributed by atoms with Crippen molar-refractivity contribution >= 4 is 57.1 Å². The van der Waals surface area contributed by atoms with Crippen LogP contribution in [0.25, 0.3) is 10.9 Å². The number of fused-ring (bicyclic) bond motifs is 1. The topological polar surface area (TPSA) is 112 Å². The summed E-state index contributed by atoms with van der Waals surface area (Å²) in [4.78, 5) is 23.4. The molecule has 2 N–H and O–H groups in total. The molecule has 0 aliphatic heterocycles. The van der Waals surface area contributed by atoms with E-state index in [-0.39, 0.29) is 23.1 Å². The monoisotopic (exact) mass is 590 g/mol. The summed E-state index contributed by atoms with van der Waals surface area (Å²) in [7, 11) is 3.83. The summed E-state index contributed by atoms with van der Waals surface area (Å²) >= 11 is 12.9. The van der Waals surface area contributed by atoms with E-state index in [2.05, 4.69) is 26.7 Å². The molecule has 0 unspecified atom stereocenters. The van der Waals surface area contributed by atoms with Gasteiger partial charge in [-0.25, -0.2) is 0 Å². The number of pyridine rings is 2. The summed E-state index contributed by atoms with van der Waals surface area (Å²) < 4.78 is 11.8. The highest BCUT2D eigenvalue weighted by atomic mass is 35.5. The Bertz CT molecular complexity index is 1620. The zero-order chi connectivity index (χ0) is 29.4. The molecule has 2 aromatic heterocycles. The lowest BCUT2D eigenvalue weighted by molar-refractivity contribution is -0.111. The van der Waals surface area contributed by atoms with Gasteiger partial charge in [0.1, 0.15) is 23.4 Å². The molecule has 0 saturated heterocycles. The molecule has 2 aromatic carbocycles. The second kappa shape index (κ2) is 13.8. The second-order valence-electron chi connectivity index (χ2n) is 9.08. The molecular weight excluding hydrogens is 563 g/mol. The van der Waals surface area contributed by atoms with Crippen molar-refractivity contribution in [3.8, 4) is 17.6 Å². The fourth-order valence-electron chi connectivity index (χ4n) is 3.89. The Morgan fingerprint density at radius 1 is 1.12 bits per heavy atom. The van der Waals surface area contributed by atoms with Gasteiger partial charge in [-0.2, -0.15) is 5.26 Å². The van der Waals surface area contributed by atoms with Crippen LogP contribution in [0.5, 0.6) is 11.5 Å². The first-order valence-electron chi connectivity index (χ1n) is 12.7. The molecule has 4 aromatic rings. The van der Waals surface area contributed by atoms with Crippen LogP contribution in [-0.4, -0.2) is 48.0 Å². The molecule has 0 aliphatic carbocycles. The number of aromatic nitrogens is 2. The molecule has 0 fully saturated rings. The van der Waals surface area contributed by atoms with Gasteiger partial charge >= 0.3 is 0 Å². The predicted molar refractivity (Wildman–Crippen MR) is 162 cm³/mol. The maximum absolute atomic E-state index is 12.7. The van der Waals surface area contributed by atoms with E-state index in [1.54, 1.807) is 36.5 Å². The fourth-order valence-corrected chi connectivity index (χ4v) is 4.26. The van der Waals surface area contributed by atoms with E-state index in [0.717, 1.165) is 0 Å². The number of halogens is 2. The third-order valence-corrected chi connectivity index (χ3v) is 6.57. The van der Waals surface area contributed by atoms with E-state index in [0.29, 0.717) is 63.3 Å². The minimum atomic E-state index is -0.319. The van der Waals surface area contributed by atoms with Gasteiger partial charge < -0.3 is 25.0 Å². The Morgan fingerprint density at radius 2 is 1.95 bits per heavy atom. The number of anilines is 3. The van der Waals surface area contributed by atoms with Gasteiger partial charge in [0, 0.05) is 36.5 Å². The van der Waals surface area contributed by atoms with Crippen molar-refractivity contribution in [1.82, 2.24) is 14.9 Å². The third kappa shape index (κ3) is 7.44. The molecule has 0 saturated carbocycles. The van der Waals surface area contributed by atoms with Crippen LogP contribution < -0.4 is 20.1 Å². The summed E-state index contributed by atoms with van der Waals surface area (Å²) in [5.74, 6) is 0.427. The molecule has 11 heteroatoms. The van der Waals surface area contributed by atoms with Crippen LogP contribution in [-0.2, 0) is 11.4 Å². The van der Waals surface area contributed by atoms with Gasteiger partial charge in [0.25, 0.3) is 0 Å². The molecule has 210 valence electrons. The number of carbonyl (C=O) groups is 1. The quantitative estimate of drug-likeness (QED) is 0.188. The molecule has 41 heavy (non-hydrogen) atoms. The van der Waals surface area contributed by atoms with Crippen LogP contribution in [0.2, 0.25) is 10.0 Å². The Hall–Kier alpha value is -4.36. The van der Waals surface area contributed by atoms with Crippen molar-refractivity contribution in [2.75, 3.05) is 37.9 Å². The largest absolute Gasteiger partial charge is 0.492 e. The second-order valence-corrected chi connectivity index (χ2v) is 9.87. The first-order valence-corrected chi connectivity index (χ1v) is 13.5. The highest BCUT2D eigenvalue weighted by Gasteiger charge is 2.19. The van der Waals surface area contributed by atoms with Crippen molar-refractivity contribution in [1.29, 1.82) is 5.26 Å². The number of hydrogen-bond donors (Lipinski definition) is 2. The van der Waals surface area contributed by atoms with Crippen LogP contribution in [0.1, 0.15) is 18.2 Å². The Morgan fingerprint density at radius 3 is 2.66 bits per heavy atom. The highest BCUT2D eigenvalue weighted by Crippen LogP contribution is 2.42. The van der Waals surface area contributed by atoms with Crippen molar-refractivity contribution in [3.05, 3.63) is 88.3 Å². The number of nitrogens with zero attached hydrogens (tertiary/aromatic N) is 4. The van der Waals surface area contributed by atoms with E-state index in [4.69, 9.17) is 32.7 Å². The predicted octanol–water partition coefficient (Wildman–Crippen LogP) is 6.59. The zero-order valence-corrected chi connectivity index (χ0v) is 24.3. The zero-order valence-electron chi connectivity index (χ0n) is 22.7. The van der Waals surface area contributed by atoms with Gasteiger partial charge in [0.15, 0.2) is 5.75 Å². The van der Waals surface area contributed by atoms with E-state index in [9.17, 15) is 10.1 Å². The smallest absolute Gasteiger partial charge is 0.248 e. The summed E-state index contributed by atoms with van der Waals surface area (Å²) in [5, 5.41) is 17.2. The third-order valence-electron chi connectivity index (χ3n) is 5.79. The van der Waals surface area contributed by atoms with Gasteiger partial charge in [0.05, 0.1) is 45.5 Å². The number of carbonyl (C=O) groups excluding carboxylic acids is 1. The van der Waals surface area contributed by atoms with Crippen LogP contribution in [0.3, 0.4) is 0 Å². The minimum absolute atomic E-state index is 0.146. The number of nitriles is 1. The first-order chi connectivity index (χ1) is 19.8. The maximum atomic E-state index is 12.7. The molecule has 1 amide bonds. The average Bonchev–Trinajstić information content (AvgIpc) is 2.95. The van der Waals surface area contributed by atoms with Crippen LogP contribution in [0.4, 0.5) is 17.1 Å². The summed E-state index contributed by atoms with van der Waals surface area (Å²) in [6.07, 6.45) is 6.36. The Balaban J connectivity index is 1.76. The number of hydrogen-bond acceptors (Lipinski definition) is 8. The molecule has 0 atom stereocenters. The number of amides is 1. The Labute approximate surface area is 248 Å². The van der Waals surface area contributed by atoms with Crippen molar-refractivity contribution in [2.45, 2.75) is 13.5 Å². The summed E-state index contributed by atoms with van der Waals surface area (Å²) in [5.41, 5.74) is 2.87. The standard InChI is InChI=1S/C30H28Cl2N6O3/c1-4-40-26-15-24-21(14-25(26)36-27(39)9-7-13-38(2)3)29(19(16-33)17-35-24)37-23-11-10-22(31)28(32)30(23)41-18-20-8-5-6-12-34-20/h5-12,14-15,17H,4,13,18H2,1-3H3,(H,35,37)(H,36,39)/b9-7+. The van der Waals surface area contributed by atoms with E-state index >= 15 is 0 Å². The molecule has 2 heterocycles. The van der Waals surface area contributed by atoms with Crippen LogP contribution in [0, 0.1) is 11.3 Å². The minimum Gasteiger partial charge on any atom is -0.492 e. The molecule has 0 aliphatic rings. The molecule has 0 radical (unpaired) electrons. The lowest BCUT2D eigenvalue weighted by Crippen LogP contribution is -2.13. The number of ether oxygens (including phenoxy) is 2. The van der Waals surface area contributed by atoms with E-state index < -0.39 is 0 Å². The summed E-state index contributed by atoms with van der Waals surface area (Å²) in [6, 6.07) is 14.5. The molecular formula is C30H28Cl2N6O3. The van der Waals surface area contributed by atoms with Crippen LogP contribution >= 0.6 is 23.2 Å². The maximum Gasteiger partial charge on any atom is 0.248 e. The molecule has 9 nitrogen and oxygen atoms in total. The van der Waals surface area contributed by atoms with E-state index in [1.165, 1.54) is 12.3 Å². The molecule has 0 bridgehead atoms. The number of benzene rings is 2. The lowest BCUT2D eigenvalue weighted by atomic mass is 10.1. The van der Waals surface area contributed by atoms with Gasteiger partial charge in [-0.1, -0.05) is 35.3 Å². The van der Waals surface area contributed by atoms with Gasteiger partial charge in [-0.15, -0.1) is 0 Å². The van der Waals surface area contributed by atoms with E-state index in [1.807, 2.05) is 44.1 Å². The normalized spacial score (nSPS) is 11.0. The number of likely N-dealkylation sites (N-methyl/N-ethyl adjacent to an activating group) is 1. The number of nitrogens with one attached hydrogen (secondary N) is 2. The van der Waals surface area contributed by atoms with Gasteiger partial charge in [-0.05, 0) is 51.4 Å². The lowest BCUT2D eigenvalue weighted by Gasteiger charge is -2.18. The molecule has 0 spiro atoms. The Kier molecular flexibility index (Phi) is 9.98. The fraction of sp³-hybridized carbons (Fsp3) is 0.200. The van der Waals surface area contributed by atoms with Crippen molar-refractivity contribution in [2.24, 2.45) is 0 Å². The van der Waals surface area contributed by atoms with Crippen molar-refractivity contribution in [3.63, 3.8) is 0 Å². The number of rotatable bonds is 11. The average molecular weight is 591 g/mol. The van der Waals surface area contributed by atoms with Gasteiger partial charge in [0.2, 0.25) is 5.91 Å². The van der Waals surface area contributed by atoms with Gasteiger partial charge in [-0.3, -0.25) is 14.8 Å².